The molecule has 17 heavy (non-hydrogen) atoms. The summed E-state index contributed by atoms with van der Waals surface area (Å²) < 4.78 is 31.3. The van der Waals surface area contributed by atoms with E-state index >= 15 is 0 Å². The first-order chi connectivity index (χ1) is 8.06. The van der Waals surface area contributed by atoms with Crippen molar-refractivity contribution in [2.75, 3.05) is 5.73 Å². The Kier molecular flexibility index (Phi) is 2.95. The van der Waals surface area contributed by atoms with Gasteiger partial charge in [-0.1, -0.05) is 0 Å². The number of benzene rings is 2. The summed E-state index contributed by atoms with van der Waals surface area (Å²) in [5, 5.41) is 0. The van der Waals surface area contributed by atoms with E-state index in [0.29, 0.717) is 17.1 Å². The first-order valence-electron chi connectivity index (χ1n) is 5.05. The Morgan fingerprint density at radius 1 is 1.06 bits per heavy atom. The van der Waals surface area contributed by atoms with Gasteiger partial charge in [-0.05, 0) is 42.8 Å². The van der Waals surface area contributed by atoms with Crippen molar-refractivity contribution in [3.05, 3.63) is 53.6 Å². The molecule has 4 heteroatoms. The molecule has 0 fully saturated rings. The van der Waals surface area contributed by atoms with Gasteiger partial charge in [0.1, 0.15) is 17.4 Å². The lowest BCUT2D eigenvalue weighted by molar-refractivity contribution is 0.480. The number of anilines is 1. The molecule has 2 aromatic rings. The molecule has 0 atom stereocenters. The van der Waals surface area contributed by atoms with Crippen LogP contribution in [0.25, 0.3) is 0 Å². The average molecular weight is 235 g/mol. The topological polar surface area (TPSA) is 35.2 Å². The van der Waals surface area contributed by atoms with Gasteiger partial charge in [0.25, 0.3) is 0 Å². The number of nitrogens with two attached hydrogens (primary N) is 1. The highest BCUT2D eigenvalue weighted by Gasteiger charge is 2.05. The third-order valence-electron chi connectivity index (χ3n) is 2.33. The second-order valence-corrected chi connectivity index (χ2v) is 3.70. The molecule has 0 saturated carbocycles. The predicted octanol–water partition coefficient (Wildman–Crippen LogP) is 3.65. The molecule has 2 nitrogen and oxygen atoms in total. The Balaban J connectivity index is 2.28. The Labute approximate surface area is 97.6 Å². The Bertz CT molecular complexity index is 555. The van der Waals surface area contributed by atoms with Crippen LogP contribution in [0.3, 0.4) is 0 Å². The lowest BCUT2D eigenvalue weighted by Crippen LogP contribution is -1.93. The van der Waals surface area contributed by atoms with Crippen molar-refractivity contribution in [2.24, 2.45) is 0 Å². The third-order valence-corrected chi connectivity index (χ3v) is 2.33. The molecule has 0 saturated heterocycles. The fourth-order valence-electron chi connectivity index (χ4n) is 1.42. The summed E-state index contributed by atoms with van der Waals surface area (Å²) in [6.45, 7) is 1.64. The molecule has 0 unspecified atom stereocenters. The Hall–Kier alpha value is -2.10. The molecule has 2 aromatic carbocycles. The van der Waals surface area contributed by atoms with Crippen LogP contribution in [0.5, 0.6) is 11.5 Å². The summed E-state index contributed by atoms with van der Waals surface area (Å²) in [6.07, 6.45) is 0. The van der Waals surface area contributed by atoms with E-state index in [1.165, 1.54) is 30.3 Å². The molecule has 0 radical (unpaired) electrons. The van der Waals surface area contributed by atoms with Gasteiger partial charge < -0.3 is 10.5 Å². The number of aryl methyl sites for hydroxylation is 1. The summed E-state index contributed by atoms with van der Waals surface area (Å²) in [4.78, 5) is 0. The smallest absolute Gasteiger partial charge is 0.150 e. The van der Waals surface area contributed by atoms with E-state index in [1.54, 1.807) is 13.0 Å². The minimum atomic E-state index is -0.426. The van der Waals surface area contributed by atoms with Crippen LogP contribution in [-0.4, -0.2) is 0 Å². The molecule has 0 bridgehead atoms. The summed E-state index contributed by atoms with van der Waals surface area (Å²) in [5.74, 6) is 0.0779. The SMILES string of the molecule is Cc1cc(Oc2ccc(F)cc2N)ccc1F. The number of halogens is 2. The lowest BCUT2D eigenvalue weighted by atomic mass is 10.2. The van der Waals surface area contributed by atoms with E-state index in [9.17, 15) is 8.78 Å². The number of ether oxygens (including phenoxy) is 1. The minimum absolute atomic E-state index is 0.201. The van der Waals surface area contributed by atoms with Gasteiger partial charge in [0.05, 0.1) is 5.69 Å². The van der Waals surface area contributed by atoms with Crippen molar-refractivity contribution < 1.29 is 13.5 Å². The van der Waals surface area contributed by atoms with E-state index in [2.05, 4.69) is 0 Å². The van der Waals surface area contributed by atoms with Gasteiger partial charge in [0.15, 0.2) is 5.75 Å². The fraction of sp³-hybridized carbons (Fsp3) is 0.0769. The van der Waals surface area contributed by atoms with Crippen molar-refractivity contribution >= 4 is 5.69 Å². The van der Waals surface area contributed by atoms with Crippen LogP contribution >= 0.6 is 0 Å². The first-order valence-corrected chi connectivity index (χ1v) is 5.05. The second-order valence-electron chi connectivity index (χ2n) is 3.70. The molecular formula is C13H11F2NO. The summed E-state index contributed by atoms with van der Waals surface area (Å²) >= 11 is 0. The van der Waals surface area contributed by atoms with Gasteiger partial charge in [0.2, 0.25) is 0 Å². The maximum atomic E-state index is 13.0. The summed E-state index contributed by atoms with van der Waals surface area (Å²) in [5.41, 5.74) is 6.27. The quantitative estimate of drug-likeness (QED) is 0.806. The summed E-state index contributed by atoms with van der Waals surface area (Å²) in [6, 6.07) is 8.21. The molecule has 0 amide bonds. The van der Waals surface area contributed by atoms with Crippen molar-refractivity contribution in [2.45, 2.75) is 6.92 Å². The predicted molar refractivity (Wildman–Crippen MR) is 62.0 cm³/mol. The minimum Gasteiger partial charge on any atom is -0.455 e. The van der Waals surface area contributed by atoms with Gasteiger partial charge in [-0.25, -0.2) is 8.78 Å². The molecule has 88 valence electrons. The zero-order valence-corrected chi connectivity index (χ0v) is 9.21. The summed E-state index contributed by atoms with van der Waals surface area (Å²) in [7, 11) is 0. The van der Waals surface area contributed by atoms with Gasteiger partial charge in [-0.2, -0.15) is 0 Å². The van der Waals surface area contributed by atoms with Crippen LogP contribution in [0.4, 0.5) is 14.5 Å². The Morgan fingerprint density at radius 2 is 1.82 bits per heavy atom. The number of rotatable bonds is 2. The Morgan fingerprint density at radius 3 is 2.47 bits per heavy atom. The molecular weight excluding hydrogens is 224 g/mol. The van der Waals surface area contributed by atoms with Crippen molar-refractivity contribution in [3.8, 4) is 11.5 Å². The van der Waals surface area contributed by atoms with E-state index in [4.69, 9.17) is 10.5 Å². The number of hydrogen-bond acceptors (Lipinski definition) is 2. The zero-order chi connectivity index (χ0) is 12.4. The van der Waals surface area contributed by atoms with Crippen LogP contribution in [0, 0.1) is 18.6 Å². The molecule has 0 spiro atoms. The van der Waals surface area contributed by atoms with E-state index in [1.807, 2.05) is 0 Å². The van der Waals surface area contributed by atoms with Crippen molar-refractivity contribution in [1.29, 1.82) is 0 Å². The lowest BCUT2D eigenvalue weighted by Gasteiger charge is -2.09. The van der Waals surface area contributed by atoms with Gasteiger partial charge in [-0.3, -0.25) is 0 Å². The fourth-order valence-corrected chi connectivity index (χ4v) is 1.42. The number of nitrogen functional groups attached to an aromatic ring is 1. The molecule has 0 heterocycles. The first kappa shape index (κ1) is 11.4. The monoisotopic (exact) mass is 235 g/mol. The second kappa shape index (κ2) is 4.41. The highest BCUT2D eigenvalue weighted by Crippen LogP contribution is 2.28. The molecule has 0 aliphatic rings. The zero-order valence-electron chi connectivity index (χ0n) is 9.21. The molecule has 2 rings (SSSR count). The normalized spacial score (nSPS) is 10.3. The highest BCUT2D eigenvalue weighted by molar-refractivity contribution is 5.54. The maximum absolute atomic E-state index is 13.0. The van der Waals surface area contributed by atoms with Crippen molar-refractivity contribution in [3.63, 3.8) is 0 Å². The van der Waals surface area contributed by atoms with Crippen LogP contribution in [0.15, 0.2) is 36.4 Å². The van der Waals surface area contributed by atoms with Gasteiger partial charge >= 0.3 is 0 Å². The van der Waals surface area contributed by atoms with Gasteiger partial charge in [-0.15, -0.1) is 0 Å². The largest absolute Gasteiger partial charge is 0.455 e. The van der Waals surface area contributed by atoms with E-state index in [-0.39, 0.29) is 11.5 Å². The maximum Gasteiger partial charge on any atom is 0.150 e. The van der Waals surface area contributed by atoms with Crippen LogP contribution in [-0.2, 0) is 0 Å². The number of hydrogen-bond donors (Lipinski definition) is 1. The van der Waals surface area contributed by atoms with E-state index < -0.39 is 5.82 Å². The molecule has 0 aliphatic heterocycles. The average Bonchev–Trinajstić information content (AvgIpc) is 2.27. The third kappa shape index (κ3) is 2.53. The standard InChI is InChI=1S/C13H11F2NO/c1-8-6-10(3-4-11(8)15)17-13-5-2-9(14)7-12(13)16/h2-7H,16H2,1H3. The van der Waals surface area contributed by atoms with Crippen molar-refractivity contribution in [1.82, 2.24) is 0 Å². The molecule has 0 aromatic heterocycles. The van der Waals surface area contributed by atoms with Crippen LogP contribution in [0.1, 0.15) is 5.56 Å². The van der Waals surface area contributed by atoms with E-state index in [0.717, 1.165) is 0 Å². The van der Waals surface area contributed by atoms with Crippen LogP contribution in [0.2, 0.25) is 0 Å². The van der Waals surface area contributed by atoms with Crippen LogP contribution < -0.4 is 10.5 Å². The highest BCUT2D eigenvalue weighted by atomic mass is 19.1. The molecule has 2 N–H and O–H groups in total. The molecule has 0 aliphatic carbocycles. The van der Waals surface area contributed by atoms with Gasteiger partial charge in [0, 0.05) is 6.07 Å².